The molecule has 112 valence electrons. The lowest BCUT2D eigenvalue weighted by molar-refractivity contribution is 0.656. The number of benzene rings is 3. The molecule has 0 spiro atoms. The molecule has 0 saturated carbocycles. The number of aryl methyl sites for hydroxylation is 1. The third kappa shape index (κ3) is 1.52. The van der Waals surface area contributed by atoms with Gasteiger partial charge in [-0.1, -0.05) is 55.8 Å². The van der Waals surface area contributed by atoms with E-state index in [2.05, 4.69) is 75.4 Å². The van der Waals surface area contributed by atoms with Gasteiger partial charge in [0.05, 0.1) is 0 Å². The molecule has 1 aliphatic rings. The monoisotopic (exact) mass is 298 g/mol. The zero-order valence-corrected chi connectivity index (χ0v) is 13.6. The van der Waals surface area contributed by atoms with Crippen LogP contribution >= 0.6 is 0 Å². The van der Waals surface area contributed by atoms with Crippen LogP contribution in [-0.2, 0) is 5.41 Å². The Balaban J connectivity index is 2.04. The van der Waals surface area contributed by atoms with Gasteiger partial charge in [-0.25, -0.2) is 0 Å². The largest absolute Gasteiger partial charge is 0.456 e. The molecule has 1 heteroatoms. The lowest BCUT2D eigenvalue weighted by atomic mass is 9.82. The van der Waals surface area contributed by atoms with Crippen molar-refractivity contribution in [1.29, 1.82) is 0 Å². The lowest BCUT2D eigenvalue weighted by Crippen LogP contribution is -2.14. The highest BCUT2D eigenvalue weighted by atomic mass is 16.3. The zero-order chi connectivity index (χ0) is 15.8. The van der Waals surface area contributed by atoms with E-state index >= 15 is 0 Å². The molecule has 0 N–H and O–H groups in total. The summed E-state index contributed by atoms with van der Waals surface area (Å²) in [6.07, 6.45) is 0. The van der Waals surface area contributed by atoms with Crippen molar-refractivity contribution in [3.05, 3.63) is 71.3 Å². The van der Waals surface area contributed by atoms with E-state index in [9.17, 15) is 0 Å². The molecule has 4 aromatic rings. The normalized spacial score (nSPS) is 15.1. The standard InChI is InChI=1S/C22H18O/c1-13-8-10-18-15(12-13)21-19(23-18)11-9-17-20(21)14-6-4-5-7-16(14)22(17,2)3/h4-12H,1-3H3. The van der Waals surface area contributed by atoms with Crippen LogP contribution in [0.2, 0.25) is 0 Å². The smallest absolute Gasteiger partial charge is 0.136 e. The van der Waals surface area contributed by atoms with Crippen molar-refractivity contribution in [2.24, 2.45) is 0 Å². The molecule has 0 amide bonds. The van der Waals surface area contributed by atoms with Crippen LogP contribution in [0.15, 0.2) is 59.0 Å². The molecule has 23 heavy (non-hydrogen) atoms. The van der Waals surface area contributed by atoms with Gasteiger partial charge in [-0.3, -0.25) is 0 Å². The van der Waals surface area contributed by atoms with E-state index in [1.807, 2.05) is 0 Å². The molecule has 0 unspecified atom stereocenters. The van der Waals surface area contributed by atoms with Gasteiger partial charge in [-0.15, -0.1) is 0 Å². The maximum absolute atomic E-state index is 6.12. The van der Waals surface area contributed by atoms with E-state index in [4.69, 9.17) is 4.42 Å². The predicted molar refractivity (Wildman–Crippen MR) is 96.0 cm³/mol. The molecule has 1 nitrogen and oxygen atoms in total. The first-order valence-electron chi connectivity index (χ1n) is 8.13. The summed E-state index contributed by atoms with van der Waals surface area (Å²) in [5, 5.41) is 2.49. The highest BCUT2D eigenvalue weighted by molar-refractivity contribution is 6.15. The Kier molecular flexibility index (Phi) is 2.28. The number of rotatable bonds is 0. The van der Waals surface area contributed by atoms with Gasteiger partial charge in [0.1, 0.15) is 11.2 Å². The molecule has 0 bridgehead atoms. The quantitative estimate of drug-likeness (QED) is 0.376. The molecule has 1 aliphatic carbocycles. The van der Waals surface area contributed by atoms with Crippen molar-refractivity contribution in [2.75, 3.05) is 0 Å². The van der Waals surface area contributed by atoms with E-state index in [1.165, 1.54) is 38.6 Å². The second-order valence-electron chi connectivity index (χ2n) is 7.13. The third-order valence-electron chi connectivity index (χ3n) is 5.33. The summed E-state index contributed by atoms with van der Waals surface area (Å²) < 4.78 is 6.12. The maximum Gasteiger partial charge on any atom is 0.136 e. The molecular weight excluding hydrogens is 280 g/mol. The number of fused-ring (bicyclic) bond motifs is 7. The van der Waals surface area contributed by atoms with E-state index in [1.54, 1.807) is 0 Å². The Hall–Kier alpha value is -2.54. The summed E-state index contributed by atoms with van der Waals surface area (Å²) in [6.45, 7) is 6.77. The van der Waals surface area contributed by atoms with Gasteiger partial charge in [-0.2, -0.15) is 0 Å². The second-order valence-corrected chi connectivity index (χ2v) is 7.13. The van der Waals surface area contributed by atoms with Crippen molar-refractivity contribution in [3.63, 3.8) is 0 Å². The SMILES string of the molecule is Cc1ccc2oc3ccc4c(c3c2c1)-c1ccccc1C4(C)C. The Bertz CT molecular complexity index is 1100. The Labute approximate surface area is 135 Å². The van der Waals surface area contributed by atoms with Gasteiger partial charge < -0.3 is 4.42 Å². The van der Waals surface area contributed by atoms with E-state index < -0.39 is 0 Å². The summed E-state index contributed by atoms with van der Waals surface area (Å²) in [4.78, 5) is 0. The molecule has 0 radical (unpaired) electrons. The minimum Gasteiger partial charge on any atom is -0.456 e. The Morgan fingerprint density at radius 2 is 1.61 bits per heavy atom. The fourth-order valence-corrected chi connectivity index (χ4v) is 4.17. The van der Waals surface area contributed by atoms with Gasteiger partial charge in [0, 0.05) is 16.2 Å². The van der Waals surface area contributed by atoms with Gasteiger partial charge in [0.25, 0.3) is 0 Å². The van der Waals surface area contributed by atoms with Crippen LogP contribution in [0.25, 0.3) is 33.1 Å². The van der Waals surface area contributed by atoms with Gasteiger partial charge in [-0.05, 0) is 47.4 Å². The molecule has 1 heterocycles. The summed E-state index contributed by atoms with van der Waals surface area (Å²) in [5.74, 6) is 0. The molecule has 1 aromatic heterocycles. The third-order valence-corrected chi connectivity index (χ3v) is 5.33. The van der Waals surface area contributed by atoms with E-state index in [-0.39, 0.29) is 5.41 Å². The lowest BCUT2D eigenvalue weighted by Gasteiger charge is -2.21. The molecular formula is C22H18O. The van der Waals surface area contributed by atoms with Gasteiger partial charge in [0.2, 0.25) is 0 Å². The van der Waals surface area contributed by atoms with Gasteiger partial charge >= 0.3 is 0 Å². The summed E-state index contributed by atoms with van der Waals surface area (Å²) >= 11 is 0. The fraction of sp³-hybridized carbons (Fsp3) is 0.182. The molecule has 3 aromatic carbocycles. The van der Waals surface area contributed by atoms with E-state index in [0.717, 1.165) is 11.2 Å². The van der Waals surface area contributed by atoms with Crippen molar-refractivity contribution < 1.29 is 4.42 Å². The average Bonchev–Trinajstić information content (AvgIpc) is 3.01. The van der Waals surface area contributed by atoms with Crippen LogP contribution in [0.5, 0.6) is 0 Å². The summed E-state index contributed by atoms with van der Waals surface area (Å²) in [6, 6.07) is 19.6. The maximum atomic E-state index is 6.12. The van der Waals surface area contributed by atoms with Gasteiger partial charge in [0.15, 0.2) is 0 Å². The minimum atomic E-state index is 0.0353. The Morgan fingerprint density at radius 1 is 0.826 bits per heavy atom. The first kappa shape index (κ1) is 13.0. The second kappa shape index (κ2) is 4.05. The van der Waals surface area contributed by atoms with Crippen LogP contribution in [0.1, 0.15) is 30.5 Å². The zero-order valence-electron chi connectivity index (χ0n) is 13.6. The van der Waals surface area contributed by atoms with Crippen LogP contribution in [0, 0.1) is 6.92 Å². The highest BCUT2D eigenvalue weighted by Crippen LogP contribution is 2.52. The highest BCUT2D eigenvalue weighted by Gasteiger charge is 2.36. The van der Waals surface area contributed by atoms with Crippen molar-refractivity contribution in [1.82, 2.24) is 0 Å². The topological polar surface area (TPSA) is 13.1 Å². The van der Waals surface area contributed by atoms with Crippen LogP contribution in [-0.4, -0.2) is 0 Å². The van der Waals surface area contributed by atoms with E-state index in [0.29, 0.717) is 0 Å². The van der Waals surface area contributed by atoms with Crippen molar-refractivity contribution >= 4 is 21.9 Å². The minimum absolute atomic E-state index is 0.0353. The Morgan fingerprint density at radius 3 is 2.48 bits per heavy atom. The van der Waals surface area contributed by atoms with Crippen molar-refractivity contribution in [3.8, 4) is 11.1 Å². The molecule has 0 atom stereocenters. The molecule has 0 aliphatic heterocycles. The van der Waals surface area contributed by atoms with Crippen LogP contribution in [0.4, 0.5) is 0 Å². The first-order valence-corrected chi connectivity index (χ1v) is 8.13. The summed E-state index contributed by atoms with van der Waals surface area (Å²) in [7, 11) is 0. The first-order chi connectivity index (χ1) is 11.1. The number of furan rings is 1. The number of hydrogen-bond donors (Lipinski definition) is 0. The predicted octanol–water partition coefficient (Wildman–Crippen LogP) is 6.20. The molecule has 0 fully saturated rings. The summed E-state index contributed by atoms with van der Waals surface area (Å²) in [5.41, 5.74) is 8.77. The fourth-order valence-electron chi connectivity index (χ4n) is 4.17. The molecule has 0 saturated heterocycles. The average molecular weight is 298 g/mol. The van der Waals surface area contributed by atoms with Crippen LogP contribution < -0.4 is 0 Å². The van der Waals surface area contributed by atoms with Crippen LogP contribution in [0.3, 0.4) is 0 Å². The number of hydrogen-bond acceptors (Lipinski definition) is 1. The molecule has 5 rings (SSSR count). The van der Waals surface area contributed by atoms with Crippen molar-refractivity contribution in [2.45, 2.75) is 26.2 Å².